The van der Waals surface area contributed by atoms with E-state index in [2.05, 4.69) is 10.4 Å². The number of piperidine rings is 1. The third-order valence-corrected chi connectivity index (χ3v) is 5.17. The molecule has 0 saturated carbocycles. The molecule has 1 aliphatic heterocycles. The van der Waals surface area contributed by atoms with E-state index in [0.29, 0.717) is 39.3 Å². The number of nitrogens with zero attached hydrogens (tertiary/aromatic N) is 4. The maximum Gasteiger partial charge on any atom is 0.346 e. The van der Waals surface area contributed by atoms with Gasteiger partial charge in [-0.2, -0.15) is 5.10 Å². The third kappa shape index (κ3) is 4.62. The molecule has 0 unspecified atom stereocenters. The largest absolute Gasteiger partial charge is 0.383 e. The molecule has 0 aliphatic carbocycles. The van der Waals surface area contributed by atoms with Crippen molar-refractivity contribution < 1.29 is 9.53 Å². The van der Waals surface area contributed by atoms with Crippen molar-refractivity contribution in [1.29, 1.82) is 0 Å². The Morgan fingerprint density at radius 1 is 1.25 bits per heavy atom. The lowest BCUT2D eigenvalue weighted by Crippen LogP contribution is -2.45. The van der Waals surface area contributed by atoms with Crippen molar-refractivity contribution in [2.24, 2.45) is 0 Å². The van der Waals surface area contributed by atoms with Crippen molar-refractivity contribution in [1.82, 2.24) is 24.6 Å². The van der Waals surface area contributed by atoms with E-state index in [9.17, 15) is 9.59 Å². The van der Waals surface area contributed by atoms with Crippen LogP contribution in [0.2, 0.25) is 0 Å². The van der Waals surface area contributed by atoms with Crippen LogP contribution in [0, 0.1) is 0 Å². The van der Waals surface area contributed by atoms with Crippen molar-refractivity contribution in [2.45, 2.75) is 38.8 Å². The van der Waals surface area contributed by atoms with E-state index in [-0.39, 0.29) is 17.6 Å². The summed E-state index contributed by atoms with van der Waals surface area (Å²) in [6.45, 7) is 5.37. The zero-order chi connectivity index (χ0) is 19.9. The number of likely N-dealkylation sites (tertiary alicyclic amines) is 1. The average molecular weight is 387 g/mol. The van der Waals surface area contributed by atoms with Crippen LogP contribution in [0.4, 0.5) is 4.79 Å². The number of carbonyl (C=O) groups is 1. The fourth-order valence-electron chi connectivity index (χ4n) is 3.63. The van der Waals surface area contributed by atoms with Gasteiger partial charge < -0.3 is 15.0 Å². The third-order valence-electron chi connectivity index (χ3n) is 5.17. The highest BCUT2D eigenvalue weighted by Crippen LogP contribution is 2.26. The Morgan fingerprint density at radius 3 is 2.61 bits per heavy atom. The minimum atomic E-state index is -0.0684. The Labute approximate surface area is 165 Å². The van der Waals surface area contributed by atoms with E-state index in [0.717, 1.165) is 24.2 Å². The minimum absolute atomic E-state index is 0.0574. The molecule has 0 spiro atoms. The number of rotatable bonds is 7. The SMILES string of the molecule is CCn1c(C2CCN(C(=O)NCCOC)CC2)nn(Cc2ccccc2)c1=O. The molecule has 152 valence electrons. The molecule has 1 fully saturated rings. The topological polar surface area (TPSA) is 81.4 Å². The summed E-state index contributed by atoms with van der Waals surface area (Å²) in [5, 5.41) is 7.52. The van der Waals surface area contributed by atoms with Crippen LogP contribution in [-0.2, 0) is 17.8 Å². The Bertz CT molecular complexity index is 822. The van der Waals surface area contributed by atoms with Crippen LogP contribution in [0.5, 0.6) is 0 Å². The second kappa shape index (κ2) is 9.54. The first-order chi connectivity index (χ1) is 13.6. The lowest BCUT2D eigenvalue weighted by Gasteiger charge is -2.31. The average Bonchev–Trinajstić information content (AvgIpc) is 3.04. The zero-order valence-electron chi connectivity index (χ0n) is 16.6. The number of aromatic nitrogens is 3. The summed E-state index contributed by atoms with van der Waals surface area (Å²) in [5.74, 6) is 1.02. The fraction of sp³-hybridized carbons (Fsp3) is 0.550. The van der Waals surface area contributed by atoms with Gasteiger partial charge in [0.1, 0.15) is 5.82 Å². The Kier molecular flexibility index (Phi) is 6.86. The molecule has 2 heterocycles. The highest BCUT2D eigenvalue weighted by atomic mass is 16.5. The Hall–Kier alpha value is -2.61. The van der Waals surface area contributed by atoms with Crippen molar-refractivity contribution >= 4 is 6.03 Å². The highest BCUT2D eigenvalue weighted by molar-refractivity contribution is 5.74. The quantitative estimate of drug-likeness (QED) is 0.733. The van der Waals surface area contributed by atoms with Gasteiger partial charge in [0.05, 0.1) is 13.2 Å². The van der Waals surface area contributed by atoms with E-state index in [1.165, 1.54) is 0 Å². The number of benzene rings is 1. The minimum Gasteiger partial charge on any atom is -0.383 e. The smallest absolute Gasteiger partial charge is 0.346 e. The van der Waals surface area contributed by atoms with Crippen LogP contribution in [-0.4, -0.2) is 58.6 Å². The zero-order valence-corrected chi connectivity index (χ0v) is 16.6. The van der Waals surface area contributed by atoms with Gasteiger partial charge in [-0.15, -0.1) is 0 Å². The van der Waals surface area contributed by atoms with Gasteiger partial charge in [-0.3, -0.25) is 4.57 Å². The normalized spacial score (nSPS) is 15.0. The van der Waals surface area contributed by atoms with Crippen LogP contribution in [0.3, 0.4) is 0 Å². The molecule has 2 amide bonds. The van der Waals surface area contributed by atoms with Gasteiger partial charge >= 0.3 is 11.7 Å². The van der Waals surface area contributed by atoms with Gasteiger partial charge in [-0.1, -0.05) is 30.3 Å². The standard InChI is InChI=1S/C20H29N5O3/c1-3-24-18(22-25(20(24)27)15-16-7-5-4-6-8-16)17-9-12-23(13-10-17)19(26)21-11-14-28-2/h4-8,17H,3,9-15H2,1-2H3,(H,21,26). The van der Waals surface area contributed by atoms with Crippen molar-refractivity contribution in [3.05, 3.63) is 52.2 Å². The first kappa shape index (κ1) is 20.1. The fourth-order valence-corrected chi connectivity index (χ4v) is 3.63. The number of nitrogens with one attached hydrogen (secondary N) is 1. The molecule has 8 heteroatoms. The molecule has 1 aromatic heterocycles. The van der Waals surface area contributed by atoms with Gasteiger partial charge in [-0.05, 0) is 25.3 Å². The van der Waals surface area contributed by atoms with E-state index in [1.807, 2.05) is 42.2 Å². The molecule has 8 nitrogen and oxygen atoms in total. The van der Waals surface area contributed by atoms with E-state index < -0.39 is 0 Å². The van der Waals surface area contributed by atoms with Gasteiger partial charge in [0.25, 0.3) is 0 Å². The van der Waals surface area contributed by atoms with E-state index in [4.69, 9.17) is 4.74 Å². The monoisotopic (exact) mass is 387 g/mol. The van der Waals surface area contributed by atoms with Crippen molar-refractivity contribution in [3.8, 4) is 0 Å². The summed E-state index contributed by atoms with van der Waals surface area (Å²) in [4.78, 5) is 26.8. The molecule has 1 N–H and O–H groups in total. The summed E-state index contributed by atoms with van der Waals surface area (Å²) >= 11 is 0. The highest BCUT2D eigenvalue weighted by Gasteiger charge is 2.28. The van der Waals surface area contributed by atoms with E-state index in [1.54, 1.807) is 16.4 Å². The summed E-state index contributed by atoms with van der Waals surface area (Å²) < 4.78 is 8.28. The predicted octanol–water partition coefficient (Wildman–Crippen LogP) is 1.65. The summed E-state index contributed by atoms with van der Waals surface area (Å²) in [6, 6.07) is 9.83. The number of amides is 2. The molecule has 28 heavy (non-hydrogen) atoms. The van der Waals surface area contributed by atoms with Gasteiger partial charge in [0.2, 0.25) is 0 Å². The Morgan fingerprint density at radius 2 is 1.96 bits per heavy atom. The number of urea groups is 1. The predicted molar refractivity (Wildman–Crippen MR) is 107 cm³/mol. The van der Waals surface area contributed by atoms with Gasteiger partial charge in [-0.25, -0.2) is 14.3 Å². The molecule has 1 aromatic carbocycles. The van der Waals surface area contributed by atoms with Crippen molar-refractivity contribution in [3.63, 3.8) is 0 Å². The number of hydrogen-bond donors (Lipinski definition) is 1. The molecule has 3 rings (SSSR count). The van der Waals surface area contributed by atoms with Crippen LogP contribution in [0.25, 0.3) is 0 Å². The van der Waals surface area contributed by atoms with Gasteiger partial charge in [0, 0.05) is 39.2 Å². The maximum atomic E-state index is 12.8. The summed E-state index contributed by atoms with van der Waals surface area (Å²) in [7, 11) is 1.61. The van der Waals surface area contributed by atoms with Crippen LogP contribution in [0.1, 0.15) is 37.1 Å². The summed E-state index contributed by atoms with van der Waals surface area (Å²) in [5.41, 5.74) is 0.987. The first-order valence-electron chi connectivity index (χ1n) is 9.87. The van der Waals surface area contributed by atoms with Gasteiger partial charge in [0.15, 0.2) is 0 Å². The lowest BCUT2D eigenvalue weighted by molar-refractivity contribution is 0.168. The number of methoxy groups -OCH3 is 1. The molecule has 0 bridgehead atoms. The molecular formula is C20H29N5O3. The molecule has 1 aliphatic rings. The number of hydrogen-bond acceptors (Lipinski definition) is 4. The molecule has 0 radical (unpaired) electrons. The maximum absolute atomic E-state index is 12.8. The van der Waals surface area contributed by atoms with Crippen LogP contribution < -0.4 is 11.0 Å². The van der Waals surface area contributed by atoms with Crippen molar-refractivity contribution in [2.75, 3.05) is 33.4 Å². The second-order valence-corrected chi connectivity index (χ2v) is 7.01. The molecule has 0 atom stereocenters. The van der Waals surface area contributed by atoms with Crippen LogP contribution >= 0.6 is 0 Å². The Balaban J connectivity index is 1.66. The molecule has 2 aromatic rings. The first-order valence-corrected chi connectivity index (χ1v) is 9.87. The summed E-state index contributed by atoms with van der Waals surface area (Å²) in [6.07, 6.45) is 1.61. The molecule has 1 saturated heterocycles. The number of ether oxygens (including phenoxy) is 1. The lowest BCUT2D eigenvalue weighted by atomic mass is 9.96. The van der Waals surface area contributed by atoms with E-state index >= 15 is 0 Å². The van der Waals surface area contributed by atoms with Crippen LogP contribution in [0.15, 0.2) is 35.1 Å². The second-order valence-electron chi connectivity index (χ2n) is 7.01. The number of carbonyl (C=O) groups excluding carboxylic acids is 1. The molecular weight excluding hydrogens is 358 g/mol.